The maximum absolute atomic E-state index is 13.7. The standard InChI is InChI=1S/C18H14ClFN2O2/c1-11-5-3-4-6-13(11)17-21-18(24-22-17)14(19)9-12-7-8-16(23-2)15(20)10-12/h3-10H,1-2H3/b14-9-. The zero-order valence-corrected chi connectivity index (χ0v) is 13.8. The number of aromatic nitrogens is 2. The van der Waals surface area contributed by atoms with Crippen LogP contribution >= 0.6 is 11.6 Å². The molecule has 0 radical (unpaired) electrons. The van der Waals surface area contributed by atoms with Crippen LogP contribution in [0.3, 0.4) is 0 Å². The quantitative estimate of drug-likeness (QED) is 0.673. The molecule has 0 amide bonds. The van der Waals surface area contributed by atoms with Crippen molar-refractivity contribution in [2.45, 2.75) is 6.92 Å². The molecule has 2 aromatic carbocycles. The Bertz CT molecular complexity index is 906. The van der Waals surface area contributed by atoms with E-state index in [0.29, 0.717) is 11.4 Å². The first kappa shape index (κ1) is 16.2. The Morgan fingerprint density at radius 3 is 2.75 bits per heavy atom. The zero-order chi connectivity index (χ0) is 17.1. The van der Waals surface area contributed by atoms with Gasteiger partial charge < -0.3 is 9.26 Å². The van der Waals surface area contributed by atoms with Crippen LogP contribution in [0.2, 0.25) is 0 Å². The third kappa shape index (κ3) is 3.31. The van der Waals surface area contributed by atoms with Crippen LogP contribution in [-0.4, -0.2) is 17.3 Å². The van der Waals surface area contributed by atoms with Crippen LogP contribution in [0.25, 0.3) is 22.5 Å². The summed E-state index contributed by atoms with van der Waals surface area (Å²) in [6.07, 6.45) is 1.55. The minimum absolute atomic E-state index is 0.169. The Labute approximate surface area is 143 Å². The fourth-order valence-corrected chi connectivity index (χ4v) is 2.44. The summed E-state index contributed by atoms with van der Waals surface area (Å²) in [7, 11) is 1.41. The van der Waals surface area contributed by atoms with E-state index in [1.807, 2.05) is 31.2 Å². The van der Waals surface area contributed by atoms with Gasteiger partial charge in [0.15, 0.2) is 11.6 Å². The van der Waals surface area contributed by atoms with Crippen molar-refractivity contribution in [3.63, 3.8) is 0 Å². The smallest absolute Gasteiger partial charge is 0.269 e. The van der Waals surface area contributed by atoms with E-state index in [1.54, 1.807) is 12.1 Å². The van der Waals surface area contributed by atoms with Gasteiger partial charge in [-0.05, 0) is 36.3 Å². The van der Waals surface area contributed by atoms with E-state index in [1.165, 1.54) is 19.2 Å². The van der Waals surface area contributed by atoms with E-state index < -0.39 is 5.82 Å². The maximum Gasteiger partial charge on any atom is 0.269 e. The molecule has 122 valence electrons. The molecule has 6 heteroatoms. The van der Waals surface area contributed by atoms with Crippen molar-refractivity contribution < 1.29 is 13.7 Å². The van der Waals surface area contributed by atoms with E-state index in [0.717, 1.165) is 11.1 Å². The lowest BCUT2D eigenvalue weighted by Crippen LogP contribution is -1.88. The van der Waals surface area contributed by atoms with E-state index in [9.17, 15) is 4.39 Å². The van der Waals surface area contributed by atoms with Gasteiger partial charge in [0.25, 0.3) is 5.89 Å². The minimum atomic E-state index is -0.471. The van der Waals surface area contributed by atoms with Gasteiger partial charge in [0.2, 0.25) is 5.82 Å². The van der Waals surface area contributed by atoms with E-state index in [4.69, 9.17) is 20.9 Å². The highest BCUT2D eigenvalue weighted by atomic mass is 35.5. The van der Waals surface area contributed by atoms with Crippen LogP contribution in [0.4, 0.5) is 4.39 Å². The highest BCUT2D eigenvalue weighted by Crippen LogP contribution is 2.26. The summed E-state index contributed by atoms with van der Waals surface area (Å²) in [6.45, 7) is 1.96. The van der Waals surface area contributed by atoms with E-state index >= 15 is 0 Å². The first-order chi connectivity index (χ1) is 11.6. The molecule has 24 heavy (non-hydrogen) atoms. The molecule has 1 aromatic heterocycles. The lowest BCUT2D eigenvalue weighted by Gasteiger charge is -2.02. The monoisotopic (exact) mass is 344 g/mol. The number of ether oxygens (including phenoxy) is 1. The molecule has 0 fully saturated rings. The van der Waals surface area contributed by atoms with Gasteiger partial charge in [-0.15, -0.1) is 0 Å². The summed E-state index contributed by atoms with van der Waals surface area (Å²) < 4.78 is 23.8. The molecule has 0 spiro atoms. The highest BCUT2D eigenvalue weighted by molar-refractivity contribution is 6.50. The van der Waals surface area contributed by atoms with Gasteiger partial charge in [-0.1, -0.05) is 47.1 Å². The Morgan fingerprint density at radius 1 is 1.25 bits per heavy atom. The van der Waals surface area contributed by atoms with Crippen LogP contribution in [0.1, 0.15) is 17.0 Å². The fraction of sp³-hybridized carbons (Fsp3) is 0.111. The number of rotatable bonds is 4. The lowest BCUT2D eigenvalue weighted by atomic mass is 10.1. The minimum Gasteiger partial charge on any atom is -0.494 e. The Morgan fingerprint density at radius 2 is 2.04 bits per heavy atom. The third-order valence-electron chi connectivity index (χ3n) is 3.49. The highest BCUT2D eigenvalue weighted by Gasteiger charge is 2.13. The van der Waals surface area contributed by atoms with Crippen LogP contribution in [0, 0.1) is 12.7 Å². The topological polar surface area (TPSA) is 48.2 Å². The molecule has 1 heterocycles. The molecule has 3 rings (SSSR count). The average Bonchev–Trinajstić information content (AvgIpc) is 3.05. The Hall–Kier alpha value is -2.66. The second kappa shape index (κ2) is 6.84. The molecular weight excluding hydrogens is 331 g/mol. The molecule has 0 atom stereocenters. The zero-order valence-electron chi connectivity index (χ0n) is 13.1. The molecule has 0 unspecified atom stereocenters. The van der Waals surface area contributed by atoms with Crippen LogP contribution < -0.4 is 4.74 Å². The van der Waals surface area contributed by atoms with Gasteiger partial charge >= 0.3 is 0 Å². The molecule has 0 saturated carbocycles. The van der Waals surface area contributed by atoms with Crippen molar-refractivity contribution in [2.75, 3.05) is 7.11 Å². The second-order valence-corrected chi connectivity index (χ2v) is 5.53. The fourth-order valence-electron chi connectivity index (χ4n) is 2.23. The number of hydrogen-bond donors (Lipinski definition) is 0. The van der Waals surface area contributed by atoms with Crippen LogP contribution in [0.5, 0.6) is 5.75 Å². The van der Waals surface area contributed by atoms with Crippen molar-refractivity contribution in [3.8, 4) is 17.1 Å². The number of halogens is 2. The molecule has 0 bridgehead atoms. The van der Waals surface area contributed by atoms with Crippen molar-refractivity contribution in [3.05, 3.63) is 65.3 Å². The van der Waals surface area contributed by atoms with Crippen LogP contribution in [-0.2, 0) is 0 Å². The largest absolute Gasteiger partial charge is 0.494 e. The third-order valence-corrected chi connectivity index (χ3v) is 3.76. The van der Waals surface area contributed by atoms with E-state index in [2.05, 4.69) is 10.1 Å². The summed E-state index contributed by atoms with van der Waals surface area (Å²) in [5, 5.41) is 4.18. The van der Waals surface area contributed by atoms with Crippen molar-refractivity contribution >= 4 is 22.7 Å². The van der Waals surface area contributed by atoms with Gasteiger partial charge in [-0.2, -0.15) is 4.98 Å². The van der Waals surface area contributed by atoms with Crippen molar-refractivity contribution in [1.82, 2.24) is 10.1 Å². The van der Waals surface area contributed by atoms with Gasteiger partial charge in [-0.25, -0.2) is 4.39 Å². The Balaban J connectivity index is 1.89. The summed E-state index contributed by atoms with van der Waals surface area (Å²) in [6, 6.07) is 12.2. The van der Waals surface area contributed by atoms with Crippen molar-refractivity contribution in [1.29, 1.82) is 0 Å². The number of benzene rings is 2. The molecule has 3 aromatic rings. The van der Waals surface area contributed by atoms with Crippen molar-refractivity contribution in [2.24, 2.45) is 0 Å². The summed E-state index contributed by atoms with van der Waals surface area (Å²) >= 11 is 6.22. The van der Waals surface area contributed by atoms with Gasteiger partial charge in [0.05, 0.1) is 7.11 Å². The molecule has 0 N–H and O–H groups in total. The maximum atomic E-state index is 13.7. The van der Waals surface area contributed by atoms with Gasteiger partial charge in [-0.3, -0.25) is 0 Å². The predicted octanol–water partition coefficient (Wildman–Crippen LogP) is 4.93. The molecule has 0 aliphatic heterocycles. The van der Waals surface area contributed by atoms with E-state index in [-0.39, 0.29) is 16.7 Å². The molecule has 4 nitrogen and oxygen atoms in total. The number of hydrogen-bond acceptors (Lipinski definition) is 4. The number of methoxy groups -OCH3 is 1. The Kier molecular flexibility index (Phi) is 4.62. The normalized spacial score (nSPS) is 11.6. The molecular formula is C18H14ClFN2O2. The van der Waals surface area contributed by atoms with Gasteiger partial charge in [0, 0.05) is 5.56 Å². The van der Waals surface area contributed by atoms with Gasteiger partial charge in [0.1, 0.15) is 5.03 Å². The molecule has 0 saturated heterocycles. The SMILES string of the molecule is COc1ccc(/C=C(\Cl)c2nc(-c3ccccc3C)no2)cc1F. The lowest BCUT2D eigenvalue weighted by molar-refractivity contribution is 0.386. The average molecular weight is 345 g/mol. The summed E-state index contributed by atoms with van der Waals surface area (Å²) in [4.78, 5) is 4.30. The first-order valence-corrected chi connectivity index (χ1v) is 7.57. The summed E-state index contributed by atoms with van der Waals surface area (Å²) in [5.74, 6) is 0.325. The summed E-state index contributed by atoms with van der Waals surface area (Å²) in [5.41, 5.74) is 2.46. The molecule has 0 aliphatic rings. The van der Waals surface area contributed by atoms with Crippen LogP contribution in [0.15, 0.2) is 47.0 Å². The molecule has 0 aliphatic carbocycles. The predicted molar refractivity (Wildman–Crippen MR) is 91.1 cm³/mol. The number of aryl methyl sites for hydroxylation is 1. The number of nitrogens with zero attached hydrogens (tertiary/aromatic N) is 2. The second-order valence-electron chi connectivity index (χ2n) is 5.12. The first-order valence-electron chi connectivity index (χ1n) is 7.19.